The van der Waals surface area contributed by atoms with Crippen LogP contribution >= 0.6 is 11.6 Å². The van der Waals surface area contributed by atoms with Gasteiger partial charge in [0.25, 0.3) is 0 Å². The Morgan fingerprint density at radius 3 is 2.80 bits per heavy atom. The van der Waals surface area contributed by atoms with Crippen molar-refractivity contribution in [3.05, 3.63) is 29.0 Å². The monoisotopic (exact) mass is 227 g/mol. The molecule has 82 valence electrons. The predicted octanol–water partition coefficient (Wildman–Crippen LogP) is 2.78. The quantitative estimate of drug-likeness (QED) is 0.787. The molecule has 1 atom stereocenters. The summed E-state index contributed by atoms with van der Waals surface area (Å²) in [6, 6.07) is 3.50. The molecule has 1 rings (SSSR count). The van der Waals surface area contributed by atoms with Crippen molar-refractivity contribution in [2.24, 2.45) is 5.92 Å². The van der Waals surface area contributed by atoms with E-state index >= 15 is 0 Å². The fourth-order valence-electron chi connectivity index (χ4n) is 1.47. The summed E-state index contributed by atoms with van der Waals surface area (Å²) >= 11 is 5.64. The third kappa shape index (κ3) is 3.88. The molecule has 1 aromatic rings. The van der Waals surface area contributed by atoms with E-state index in [1.165, 1.54) is 0 Å². The molecule has 0 bridgehead atoms. The summed E-state index contributed by atoms with van der Waals surface area (Å²) in [4.78, 5) is 14.8. The molecule has 4 heteroatoms. The lowest BCUT2D eigenvalue weighted by atomic mass is 9.96. The van der Waals surface area contributed by atoms with E-state index in [2.05, 4.69) is 4.98 Å². The van der Waals surface area contributed by atoms with E-state index in [-0.39, 0.29) is 5.92 Å². The fraction of sp³-hybridized carbons (Fsp3) is 0.455. The Balaban J connectivity index is 2.65. The number of aliphatic carboxylic acids is 1. The van der Waals surface area contributed by atoms with Crippen LogP contribution in [0.3, 0.4) is 0 Å². The molecule has 0 spiro atoms. The predicted molar refractivity (Wildman–Crippen MR) is 59.0 cm³/mol. The summed E-state index contributed by atoms with van der Waals surface area (Å²) in [6.07, 6.45) is 3.72. The Labute approximate surface area is 94.1 Å². The molecule has 0 aliphatic heterocycles. The number of carboxylic acid groups (broad SMARTS) is 1. The molecule has 0 saturated carbocycles. The van der Waals surface area contributed by atoms with Gasteiger partial charge in [-0.1, -0.05) is 31.0 Å². The summed E-state index contributed by atoms with van der Waals surface area (Å²) in [7, 11) is 0. The van der Waals surface area contributed by atoms with E-state index < -0.39 is 5.97 Å². The topological polar surface area (TPSA) is 50.2 Å². The molecule has 1 aromatic heterocycles. The summed E-state index contributed by atoms with van der Waals surface area (Å²) in [6.45, 7) is 1.98. The van der Waals surface area contributed by atoms with Gasteiger partial charge in [-0.15, -0.1) is 0 Å². The zero-order chi connectivity index (χ0) is 11.3. The first kappa shape index (κ1) is 12.0. The zero-order valence-corrected chi connectivity index (χ0v) is 9.37. The van der Waals surface area contributed by atoms with Gasteiger partial charge in [0.2, 0.25) is 0 Å². The summed E-state index contributed by atoms with van der Waals surface area (Å²) in [5.41, 5.74) is 0.917. The number of carbonyl (C=O) groups is 1. The Morgan fingerprint density at radius 1 is 1.60 bits per heavy atom. The van der Waals surface area contributed by atoms with Crippen LogP contribution < -0.4 is 0 Å². The molecule has 0 aromatic carbocycles. The normalized spacial score (nSPS) is 12.4. The highest BCUT2D eigenvalue weighted by molar-refractivity contribution is 6.29. The van der Waals surface area contributed by atoms with E-state index in [1.54, 1.807) is 12.3 Å². The highest BCUT2D eigenvalue weighted by atomic mass is 35.5. The number of pyridine rings is 1. The minimum atomic E-state index is -0.744. The number of halogens is 1. The van der Waals surface area contributed by atoms with Crippen LogP contribution in [-0.4, -0.2) is 16.1 Å². The maximum atomic E-state index is 10.9. The van der Waals surface area contributed by atoms with Gasteiger partial charge >= 0.3 is 5.97 Å². The van der Waals surface area contributed by atoms with Crippen LogP contribution in [0, 0.1) is 5.92 Å². The first-order valence-electron chi connectivity index (χ1n) is 4.96. The molecule has 1 unspecified atom stereocenters. The smallest absolute Gasteiger partial charge is 0.306 e. The van der Waals surface area contributed by atoms with Crippen molar-refractivity contribution in [3.8, 4) is 0 Å². The van der Waals surface area contributed by atoms with Gasteiger partial charge in [0.05, 0.1) is 5.92 Å². The van der Waals surface area contributed by atoms with Crippen molar-refractivity contribution >= 4 is 17.6 Å². The molecular weight excluding hydrogens is 214 g/mol. The highest BCUT2D eigenvalue weighted by Gasteiger charge is 2.16. The summed E-state index contributed by atoms with van der Waals surface area (Å²) in [5.74, 6) is -1.07. The van der Waals surface area contributed by atoms with Crippen LogP contribution in [0.25, 0.3) is 0 Å². The van der Waals surface area contributed by atoms with Gasteiger partial charge in [0.15, 0.2) is 0 Å². The second-order valence-corrected chi connectivity index (χ2v) is 3.90. The first-order valence-corrected chi connectivity index (χ1v) is 5.34. The lowest BCUT2D eigenvalue weighted by molar-refractivity contribution is -0.141. The van der Waals surface area contributed by atoms with Gasteiger partial charge in [0.1, 0.15) is 5.15 Å². The summed E-state index contributed by atoms with van der Waals surface area (Å²) in [5, 5.41) is 9.41. The third-order valence-electron chi connectivity index (χ3n) is 2.26. The molecule has 1 heterocycles. The fourth-order valence-corrected chi connectivity index (χ4v) is 1.58. The number of hydrogen-bond acceptors (Lipinski definition) is 2. The van der Waals surface area contributed by atoms with Crippen molar-refractivity contribution in [2.75, 3.05) is 0 Å². The number of nitrogens with zero attached hydrogens (tertiary/aromatic N) is 1. The van der Waals surface area contributed by atoms with Crippen LogP contribution in [0.15, 0.2) is 18.3 Å². The van der Waals surface area contributed by atoms with Crippen LogP contribution in [0.2, 0.25) is 5.15 Å². The van der Waals surface area contributed by atoms with Crippen molar-refractivity contribution in [2.45, 2.75) is 26.2 Å². The number of carboxylic acids is 1. The van der Waals surface area contributed by atoms with Gasteiger partial charge in [-0.2, -0.15) is 0 Å². The van der Waals surface area contributed by atoms with E-state index in [1.807, 2.05) is 13.0 Å². The van der Waals surface area contributed by atoms with Crippen molar-refractivity contribution in [1.29, 1.82) is 0 Å². The van der Waals surface area contributed by atoms with Crippen LogP contribution in [0.1, 0.15) is 25.3 Å². The zero-order valence-electron chi connectivity index (χ0n) is 8.61. The average molecular weight is 228 g/mol. The Kier molecular flexibility index (Phi) is 4.56. The van der Waals surface area contributed by atoms with E-state index in [9.17, 15) is 4.79 Å². The van der Waals surface area contributed by atoms with Gasteiger partial charge < -0.3 is 5.11 Å². The van der Waals surface area contributed by atoms with Crippen molar-refractivity contribution in [1.82, 2.24) is 4.98 Å². The molecule has 0 aliphatic carbocycles. The number of hydrogen-bond donors (Lipinski definition) is 1. The molecule has 3 nitrogen and oxygen atoms in total. The minimum absolute atomic E-state index is 0.321. The van der Waals surface area contributed by atoms with Crippen molar-refractivity contribution in [3.63, 3.8) is 0 Å². The van der Waals surface area contributed by atoms with Gasteiger partial charge in [-0.05, 0) is 24.5 Å². The second kappa shape index (κ2) is 5.71. The third-order valence-corrected chi connectivity index (χ3v) is 2.48. The second-order valence-electron chi connectivity index (χ2n) is 3.52. The van der Waals surface area contributed by atoms with Gasteiger partial charge in [-0.25, -0.2) is 4.98 Å². The van der Waals surface area contributed by atoms with Crippen LogP contribution in [0.4, 0.5) is 0 Å². The average Bonchev–Trinajstić information content (AvgIpc) is 2.20. The van der Waals surface area contributed by atoms with Crippen LogP contribution in [0.5, 0.6) is 0 Å². The maximum absolute atomic E-state index is 10.9. The standard InChI is InChI=1S/C11H14ClNO2/c1-2-3-9(11(14)15)6-8-4-5-10(12)13-7-8/h4-5,7,9H,2-3,6H2,1H3,(H,14,15). The molecule has 0 aliphatic rings. The molecule has 0 radical (unpaired) electrons. The van der Waals surface area contributed by atoms with Gasteiger partial charge in [0, 0.05) is 6.20 Å². The van der Waals surface area contributed by atoms with E-state index in [4.69, 9.17) is 16.7 Å². The lowest BCUT2D eigenvalue weighted by Crippen LogP contribution is -2.16. The molecule has 15 heavy (non-hydrogen) atoms. The largest absolute Gasteiger partial charge is 0.481 e. The van der Waals surface area contributed by atoms with Crippen LogP contribution in [-0.2, 0) is 11.2 Å². The first-order chi connectivity index (χ1) is 7.13. The number of aromatic nitrogens is 1. The van der Waals surface area contributed by atoms with E-state index in [0.29, 0.717) is 18.0 Å². The molecule has 0 amide bonds. The minimum Gasteiger partial charge on any atom is -0.481 e. The van der Waals surface area contributed by atoms with Crippen molar-refractivity contribution < 1.29 is 9.90 Å². The van der Waals surface area contributed by atoms with E-state index in [0.717, 1.165) is 12.0 Å². The molecule has 0 saturated heterocycles. The molecule has 1 N–H and O–H groups in total. The molecular formula is C11H14ClNO2. The van der Waals surface area contributed by atoms with Gasteiger partial charge in [-0.3, -0.25) is 4.79 Å². The Morgan fingerprint density at radius 2 is 2.33 bits per heavy atom. The highest BCUT2D eigenvalue weighted by Crippen LogP contribution is 2.15. The molecule has 0 fully saturated rings. The summed E-state index contributed by atoms with van der Waals surface area (Å²) < 4.78 is 0. The Hall–Kier alpha value is -1.09. The Bertz CT molecular complexity index is 324. The number of rotatable bonds is 5. The SMILES string of the molecule is CCCC(Cc1ccc(Cl)nc1)C(=O)O. The lowest BCUT2D eigenvalue weighted by Gasteiger charge is -2.10. The maximum Gasteiger partial charge on any atom is 0.306 e.